The fourth-order valence-corrected chi connectivity index (χ4v) is 3.65. The van der Waals surface area contributed by atoms with Crippen LogP contribution in [0.4, 0.5) is 10.5 Å². The van der Waals surface area contributed by atoms with Crippen LogP contribution in [0.1, 0.15) is 24.0 Å². The van der Waals surface area contributed by atoms with Gasteiger partial charge in [0.1, 0.15) is 5.75 Å². The lowest BCUT2D eigenvalue weighted by atomic mass is 10.1. The predicted molar refractivity (Wildman–Crippen MR) is 114 cm³/mol. The van der Waals surface area contributed by atoms with Crippen molar-refractivity contribution in [2.45, 2.75) is 32.0 Å². The summed E-state index contributed by atoms with van der Waals surface area (Å²) in [5.41, 5.74) is 2.41. The van der Waals surface area contributed by atoms with E-state index >= 15 is 0 Å². The summed E-state index contributed by atoms with van der Waals surface area (Å²) in [7, 11) is 0. The number of nitrogens with one attached hydrogen (secondary N) is 1. The molecule has 30 heavy (non-hydrogen) atoms. The van der Waals surface area contributed by atoms with E-state index in [0.29, 0.717) is 25.2 Å². The summed E-state index contributed by atoms with van der Waals surface area (Å²) in [6, 6.07) is 16.5. The number of para-hydroxylation sites is 2. The number of nitrogens with zero attached hydrogens (tertiary/aromatic N) is 3. The van der Waals surface area contributed by atoms with Gasteiger partial charge in [0.15, 0.2) is 0 Å². The molecule has 0 saturated carbocycles. The van der Waals surface area contributed by atoms with Gasteiger partial charge in [0.05, 0.1) is 19.2 Å². The number of hydrogen-bond acceptors (Lipinski definition) is 4. The van der Waals surface area contributed by atoms with Gasteiger partial charge in [0, 0.05) is 36.8 Å². The van der Waals surface area contributed by atoms with Crippen molar-refractivity contribution in [3.8, 4) is 5.75 Å². The van der Waals surface area contributed by atoms with Gasteiger partial charge in [-0.15, -0.1) is 0 Å². The Bertz CT molecular complexity index is 968. The predicted octanol–water partition coefficient (Wildman–Crippen LogP) is 3.85. The summed E-state index contributed by atoms with van der Waals surface area (Å²) in [5.74, 6) is 0.182. The van der Waals surface area contributed by atoms with E-state index in [-0.39, 0.29) is 17.9 Å². The molecular formula is C23H26N4O3. The van der Waals surface area contributed by atoms with Gasteiger partial charge in [0.25, 0.3) is 0 Å². The topological polar surface area (TPSA) is 79.6 Å². The number of hydrogen-bond donors (Lipinski definition) is 2. The molecule has 1 fully saturated rings. The van der Waals surface area contributed by atoms with Gasteiger partial charge in [-0.2, -0.15) is 5.10 Å². The molecule has 7 nitrogen and oxygen atoms in total. The molecule has 1 aliphatic heterocycles. The van der Waals surface area contributed by atoms with Gasteiger partial charge in [-0.1, -0.05) is 36.4 Å². The molecule has 0 radical (unpaired) electrons. The highest BCUT2D eigenvalue weighted by molar-refractivity contribution is 5.90. The first-order chi connectivity index (χ1) is 14.7. The summed E-state index contributed by atoms with van der Waals surface area (Å²) < 4.78 is 7.57. The summed E-state index contributed by atoms with van der Waals surface area (Å²) in [6.45, 7) is 2.07. The second-order valence-electron chi connectivity index (χ2n) is 7.44. The normalized spacial score (nSPS) is 15.8. The number of carbonyl (C=O) groups is 1. The first-order valence-corrected chi connectivity index (χ1v) is 10.2. The Labute approximate surface area is 175 Å². The van der Waals surface area contributed by atoms with Crippen molar-refractivity contribution in [3.05, 3.63) is 78.1 Å². The molecule has 0 aliphatic carbocycles. The number of aromatic hydroxyl groups is 1. The largest absolute Gasteiger partial charge is 0.508 e. The monoisotopic (exact) mass is 406 g/mol. The second kappa shape index (κ2) is 9.45. The zero-order valence-electron chi connectivity index (χ0n) is 16.8. The third-order valence-electron chi connectivity index (χ3n) is 5.24. The minimum Gasteiger partial charge on any atom is -0.508 e. The Morgan fingerprint density at radius 3 is 2.70 bits per heavy atom. The lowest BCUT2D eigenvalue weighted by Crippen LogP contribution is -2.39. The molecule has 2 amide bonds. The number of aromatic nitrogens is 2. The molecule has 1 saturated heterocycles. The molecule has 2 N–H and O–H groups in total. The van der Waals surface area contributed by atoms with E-state index in [1.165, 1.54) is 0 Å². The average molecular weight is 406 g/mol. The van der Waals surface area contributed by atoms with Crippen molar-refractivity contribution < 1.29 is 14.6 Å². The average Bonchev–Trinajstić information content (AvgIpc) is 3.45. The highest BCUT2D eigenvalue weighted by Gasteiger charge is 2.24. The molecular weight excluding hydrogens is 380 g/mol. The molecule has 7 heteroatoms. The number of phenolic OH excluding ortho intramolecular Hbond substituents is 1. The molecule has 2 heterocycles. The quantitative estimate of drug-likeness (QED) is 0.625. The summed E-state index contributed by atoms with van der Waals surface area (Å²) in [6.07, 6.45) is 5.57. The fraction of sp³-hybridized carbons (Fsp3) is 0.304. The lowest BCUT2D eigenvalue weighted by Gasteiger charge is -2.26. The summed E-state index contributed by atoms with van der Waals surface area (Å²) in [5, 5.41) is 17.5. The van der Waals surface area contributed by atoms with Gasteiger partial charge in [0.2, 0.25) is 0 Å². The molecule has 3 aromatic rings. The minimum atomic E-state index is -0.221. The van der Waals surface area contributed by atoms with E-state index in [2.05, 4.69) is 10.4 Å². The maximum Gasteiger partial charge on any atom is 0.322 e. The molecule has 0 bridgehead atoms. The Kier molecular flexibility index (Phi) is 6.29. The number of ether oxygens (including phenoxy) is 1. The van der Waals surface area contributed by atoms with Crippen LogP contribution >= 0.6 is 0 Å². The van der Waals surface area contributed by atoms with E-state index in [1.54, 1.807) is 23.2 Å². The second-order valence-corrected chi connectivity index (χ2v) is 7.44. The van der Waals surface area contributed by atoms with Crippen molar-refractivity contribution in [2.24, 2.45) is 0 Å². The molecule has 4 rings (SSSR count). The van der Waals surface area contributed by atoms with Crippen molar-refractivity contribution in [1.82, 2.24) is 14.7 Å². The SMILES string of the molecule is O=C(Nc1ccccc1Cn1cccn1)N(Cc1ccccc1O)C[C@@H]1CCCO1. The maximum atomic E-state index is 13.2. The van der Waals surface area contributed by atoms with E-state index < -0.39 is 0 Å². The van der Waals surface area contributed by atoms with Gasteiger partial charge in [-0.3, -0.25) is 4.68 Å². The first-order valence-electron chi connectivity index (χ1n) is 10.2. The molecule has 1 aliphatic rings. The molecule has 0 spiro atoms. The number of urea groups is 1. The molecule has 1 atom stereocenters. The highest BCUT2D eigenvalue weighted by Crippen LogP contribution is 2.22. The van der Waals surface area contributed by atoms with Crippen LogP contribution in [-0.2, 0) is 17.8 Å². The third kappa shape index (κ3) is 4.99. The van der Waals surface area contributed by atoms with Crippen molar-refractivity contribution in [1.29, 1.82) is 0 Å². The van der Waals surface area contributed by atoms with Crippen LogP contribution in [0.15, 0.2) is 67.0 Å². The Balaban J connectivity index is 1.52. The summed E-state index contributed by atoms with van der Waals surface area (Å²) in [4.78, 5) is 14.9. The van der Waals surface area contributed by atoms with Gasteiger partial charge in [-0.05, 0) is 36.6 Å². The molecule has 1 aromatic heterocycles. The van der Waals surface area contributed by atoms with Crippen molar-refractivity contribution >= 4 is 11.7 Å². The number of anilines is 1. The Hall–Kier alpha value is -3.32. The highest BCUT2D eigenvalue weighted by atomic mass is 16.5. The molecule has 156 valence electrons. The van der Waals surface area contributed by atoms with Crippen LogP contribution in [0.25, 0.3) is 0 Å². The fourth-order valence-electron chi connectivity index (χ4n) is 3.65. The van der Waals surface area contributed by atoms with Crippen LogP contribution in [0.2, 0.25) is 0 Å². The van der Waals surface area contributed by atoms with E-state index in [4.69, 9.17) is 4.74 Å². The zero-order valence-corrected chi connectivity index (χ0v) is 16.8. The number of benzene rings is 2. The summed E-state index contributed by atoms with van der Waals surface area (Å²) >= 11 is 0. The Morgan fingerprint density at radius 2 is 1.97 bits per heavy atom. The van der Waals surface area contributed by atoms with Gasteiger partial charge < -0.3 is 20.1 Å². The van der Waals surface area contributed by atoms with Crippen LogP contribution in [0, 0.1) is 0 Å². The van der Waals surface area contributed by atoms with Gasteiger partial charge >= 0.3 is 6.03 Å². The number of carbonyl (C=O) groups excluding carboxylic acids is 1. The van der Waals surface area contributed by atoms with Crippen LogP contribution in [-0.4, -0.2) is 45.1 Å². The van der Waals surface area contributed by atoms with Crippen LogP contribution in [0.3, 0.4) is 0 Å². The van der Waals surface area contributed by atoms with E-state index in [9.17, 15) is 9.90 Å². The third-order valence-corrected chi connectivity index (χ3v) is 5.24. The van der Waals surface area contributed by atoms with E-state index in [0.717, 1.165) is 30.7 Å². The standard InChI is InChI=1S/C23H26N4O3/c28-22-11-4-2-8-19(22)15-26(17-20-9-5-14-30-20)23(29)25-21-10-3-1-7-18(21)16-27-13-6-12-24-27/h1-4,6-8,10-13,20,28H,5,9,14-17H2,(H,25,29)/t20-/m0/s1. The zero-order chi connectivity index (χ0) is 20.8. The molecule has 0 unspecified atom stereocenters. The first kappa shape index (κ1) is 20.0. The smallest absolute Gasteiger partial charge is 0.322 e. The van der Waals surface area contributed by atoms with Crippen LogP contribution in [0.5, 0.6) is 5.75 Å². The van der Waals surface area contributed by atoms with Crippen molar-refractivity contribution in [2.75, 3.05) is 18.5 Å². The van der Waals surface area contributed by atoms with Crippen LogP contribution < -0.4 is 5.32 Å². The number of amides is 2. The molecule has 2 aromatic carbocycles. The van der Waals surface area contributed by atoms with Crippen molar-refractivity contribution in [3.63, 3.8) is 0 Å². The number of phenols is 1. The minimum absolute atomic E-state index is 0.0147. The maximum absolute atomic E-state index is 13.2. The lowest BCUT2D eigenvalue weighted by molar-refractivity contribution is 0.0817. The number of rotatable bonds is 7. The Morgan fingerprint density at radius 1 is 1.17 bits per heavy atom. The van der Waals surface area contributed by atoms with Gasteiger partial charge in [-0.25, -0.2) is 4.79 Å². The van der Waals surface area contributed by atoms with E-state index in [1.807, 2.05) is 53.3 Å².